The molecule has 0 heterocycles. The molecule has 1 N–H and O–H groups in total. The van der Waals surface area contributed by atoms with Gasteiger partial charge in [0.2, 0.25) is 0 Å². The van der Waals surface area contributed by atoms with Crippen molar-refractivity contribution in [2.24, 2.45) is 0 Å². The minimum atomic E-state index is -0.483. The molecule has 0 bridgehead atoms. The van der Waals surface area contributed by atoms with Gasteiger partial charge in [-0.05, 0) is 19.3 Å². The Hall–Kier alpha value is -0.810. The number of aliphatic hydroxyl groups is 1. The monoisotopic (exact) mass is 123 g/mol. The summed E-state index contributed by atoms with van der Waals surface area (Å²) in [5.74, 6) is 0. The average molecular weight is 123 g/mol. The largest absolute Gasteiger partial charge is 0.388 e. The SMILES string of the molecule is N#CC1=CCCCC1O. The molecule has 48 valence electrons. The summed E-state index contributed by atoms with van der Waals surface area (Å²) in [5, 5.41) is 17.5. The Labute approximate surface area is 54.4 Å². The molecule has 2 heteroatoms. The van der Waals surface area contributed by atoms with Crippen molar-refractivity contribution in [2.45, 2.75) is 25.4 Å². The second kappa shape index (κ2) is 2.65. The van der Waals surface area contributed by atoms with Gasteiger partial charge in [0.25, 0.3) is 0 Å². The van der Waals surface area contributed by atoms with Gasteiger partial charge in [-0.2, -0.15) is 5.26 Å². The van der Waals surface area contributed by atoms with Crippen LogP contribution < -0.4 is 0 Å². The van der Waals surface area contributed by atoms with E-state index < -0.39 is 6.10 Å². The highest BCUT2D eigenvalue weighted by Gasteiger charge is 2.12. The fourth-order valence-electron chi connectivity index (χ4n) is 0.980. The molecule has 2 nitrogen and oxygen atoms in total. The minimum Gasteiger partial charge on any atom is -0.388 e. The predicted molar refractivity (Wildman–Crippen MR) is 33.6 cm³/mol. The molecule has 1 aliphatic rings. The van der Waals surface area contributed by atoms with Gasteiger partial charge in [0.15, 0.2) is 0 Å². The number of aliphatic hydroxyl groups excluding tert-OH is 1. The Bertz CT molecular complexity index is 166. The van der Waals surface area contributed by atoms with Crippen LogP contribution in [-0.2, 0) is 0 Å². The molecular weight excluding hydrogens is 114 g/mol. The predicted octanol–water partition coefficient (Wildman–Crippen LogP) is 0.981. The van der Waals surface area contributed by atoms with E-state index >= 15 is 0 Å². The van der Waals surface area contributed by atoms with Crippen LogP contribution in [0.25, 0.3) is 0 Å². The molecule has 0 saturated heterocycles. The van der Waals surface area contributed by atoms with E-state index in [0.717, 1.165) is 19.3 Å². The highest BCUT2D eigenvalue weighted by atomic mass is 16.3. The lowest BCUT2D eigenvalue weighted by Crippen LogP contribution is -2.11. The lowest BCUT2D eigenvalue weighted by atomic mass is 9.98. The first kappa shape index (κ1) is 6.31. The molecule has 0 aromatic rings. The van der Waals surface area contributed by atoms with Crippen molar-refractivity contribution in [3.8, 4) is 6.07 Å². The van der Waals surface area contributed by atoms with E-state index in [4.69, 9.17) is 10.4 Å². The van der Waals surface area contributed by atoms with E-state index in [9.17, 15) is 0 Å². The Morgan fingerprint density at radius 1 is 1.78 bits per heavy atom. The second-order valence-electron chi connectivity index (χ2n) is 2.22. The molecule has 0 amide bonds. The van der Waals surface area contributed by atoms with Crippen LogP contribution in [0.1, 0.15) is 19.3 Å². The lowest BCUT2D eigenvalue weighted by molar-refractivity contribution is 0.196. The smallest absolute Gasteiger partial charge is 0.0971 e. The Balaban J connectivity index is 2.67. The molecule has 0 saturated carbocycles. The van der Waals surface area contributed by atoms with E-state index in [1.807, 2.05) is 12.1 Å². The van der Waals surface area contributed by atoms with Gasteiger partial charge in [0.1, 0.15) is 0 Å². The summed E-state index contributed by atoms with van der Waals surface area (Å²) in [4.78, 5) is 0. The quantitative estimate of drug-likeness (QED) is 0.521. The van der Waals surface area contributed by atoms with Gasteiger partial charge in [-0.1, -0.05) is 6.08 Å². The molecule has 0 aliphatic heterocycles. The van der Waals surface area contributed by atoms with Crippen molar-refractivity contribution in [1.29, 1.82) is 5.26 Å². The van der Waals surface area contributed by atoms with Crippen LogP contribution >= 0.6 is 0 Å². The van der Waals surface area contributed by atoms with Crippen molar-refractivity contribution < 1.29 is 5.11 Å². The van der Waals surface area contributed by atoms with Gasteiger partial charge in [0, 0.05) is 0 Å². The third-order valence-corrected chi connectivity index (χ3v) is 1.53. The highest BCUT2D eigenvalue weighted by Crippen LogP contribution is 2.16. The van der Waals surface area contributed by atoms with Gasteiger partial charge in [0.05, 0.1) is 17.7 Å². The minimum absolute atomic E-state index is 0.483. The van der Waals surface area contributed by atoms with Crippen molar-refractivity contribution in [2.75, 3.05) is 0 Å². The number of hydrogen-bond donors (Lipinski definition) is 1. The molecule has 1 aliphatic carbocycles. The van der Waals surface area contributed by atoms with Gasteiger partial charge in [-0.3, -0.25) is 0 Å². The maximum absolute atomic E-state index is 9.08. The van der Waals surface area contributed by atoms with Gasteiger partial charge in [-0.25, -0.2) is 0 Å². The third kappa shape index (κ3) is 1.30. The maximum atomic E-state index is 9.08. The van der Waals surface area contributed by atoms with Crippen LogP contribution in [0.3, 0.4) is 0 Å². The summed E-state index contributed by atoms with van der Waals surface area (Å²) in [5.41, 5.74) is 0.543. The molecular formula is C7H9NO. The highest BCUT2D eigenvalue weighted by molar-refractivity contribution is 5.26. The Morgan fingerprint density at radius 3 is 3.00 bits per heavy atom. The van der Waals surface area contributed by atoms with E-state index in [2.05, 4.69) is 0 Å². The zero-order chi connectivity index (χ0) is 6.69. The zero-order valence-corrected chi connectivity index (χ0v) is 5.17. The molecule has 1 rings (SSSR count). The summed E-state index contributed by atoms with van der Waals surface area (Å²) >= 11 is 0. The molecule has 0 spiro atoms. The summed E-state index contributed by atoms with van der Waals surface area (Å²) < 4.78 is 0. The third-order valence-electron chi connectivity index (χ3n) is 1.53. The topological polar surface area (TPSA) is 44.0 Å². The molecule has 0 aromatic carbocycles. The van der Waals surface area contributed by atoms with Crippen molar-refractivity contribution in [3.63, 3.8) is 0 Å². The van der Waals surface area contributed by atoms with Crippen LogP contribution in [0.5, 0.6) is 0 Å². The summed E-state index contributed by atoms with van der Waals surface area (Å²) in [6.07, 6.45) is 4.03. The molecule has 9 heavy (non-hydrogen) atoms. The van der Waals surface area contributed by atoms with Gasteiger partial charge >= 0.3 is 0 Å². The standard InChI is InChI=1S/C7H9NO/c8-5-6-3-1-2-4-7(6)9/h3,7,9H,1-2,4H2. The maximum Gasteiger partial charge on any atom is 0.0971 e. The first-order valence-corrected chi connectivity index (χ1v) is 3.13. The fourth-order valence-corrected chi connectivity index (χ4v) is 0.980. The molecule has 0 radical (unpaired) electrons. The zero-order valence-electron chi connectivity index (χ0n) is 5.17. The van der Waals surface area contributed by atoms with Gasteiger partial charge < -0.3 is 5.11 Å². The van der Waals surface area contributed by atoms with Crippen LogP contribution in [0, 0.1) is 11.3 Å². The first-order valence-electron chi connectivity index (χ1n) is 3.13. The summed E-state index contributed by atoms with van der Waals surface area (Å²) in [7, 11) is 0. The van der Waals surface area contributed by atoms with E-state index in [1.54, 1.807) is 0 Å². The van der Waals surface area contributed by atoms with Crippen molar-refractivity contribution in [3.05, 3.63) is 11.6 Å². The van der Waals surface area contributed by atoms with E-state index in [-0.39, 0.29) is 0 Å². The Kier molecular flexibility index (Phi) is 1.86. The molecule has 1 atom stereocenters. The van der Waals surface area contributed by atoms with Crippen LogP contribution in [0.15, 0.2) is 11.6 Å². The number of rotatable bonds is 0. The van der Waals surface area contributed by atoms with Gasteiger partial charge in [-0.15, -0.1) is 0 Å². The Morgan fingerprint density at radius 2 is 2.56 bits per heavy atom. The number of hydrogen-bond acceptors (Lipinski definition) is 2. The van der Waals surface area contributed by atoms with Crippen LogP contribution in [0.4, 0.5) is 0 Å². The number of allylic oxidation sites excluding steroid dienone is 1. The van der Waals surface area contributed by atoms with E-state index in [0.29, 0.717) is 5.57 Å². The number of nitriles is 1. The van der Waals surface area contributed by atoms with Crippen molar-refractivity contribution in [1.82, 2.24) is 0 Å². The van der Waals surface area contributed by atoms with Crippen LogP contribution in [0.2, 0.25) is 0 Å². The lowest BCUT2D eigenvalue weighted by Gasteiger charge is -2.12. The molecule has 0 aromatic heterocycles. The van der Waals surface area contributed by atoms with Crippen molar-refractivity contribution >= 4 is 0 Å². The number of nitrogens with zero attached hydrogens (tertiary/aromatic N) is 1. The summed E-state index contributed by atoms with van der Waals surface area (Å²) in [6.45, 7) is 0. The molecule has 0 fully saturated rings. The van der Waals surface area contributed by atoms with E-state index in [1.165, 1.54) is 0 Å². The second-order valence-corrected chi connectivity index (χ2v) is 2.22. The van der Waals surface area contributed by atoms with Crippen LogP contribution in [-0.4, -0.2) is 11.2 Å². The molecule has 1 unspecified atom stereocenters. The average Bonchev–Trinajstić information content (AvgIpc) is 1.89. The fraction of sp³-hybridized carbons (Fsp3) is 0.571. The first-order chi connectivity index (χ1) is 4.34. The summed E-state index contributed by atoms with van der Waals surface area (Å²) in [6, 6.07) is 1.96. The normalized spacial score (nSPS) is 26.7.